The number of nitrogens with zero attached hydrogens (tertiary/aromatic N) is 1. The number of hydrogen-bond donors (Lipinski definition) is 1. The first-order valence-electron chi connectivity index (χ1n) is 5.07. The number of rotatable bonds is 1. The Labute approximate surface area is 83.4 Å². The fourth-order valence-electron chi connectivity index (χ4n) is 1.98. The summed E-state index contributed by atoms with van der Waals surface area (Å²) >= 11 is 0. The third-order valence-electron chi connectivity index (χ3n) is 2.72. The summed E-state index contributed by atoms with van der Waals surface area (Å²) in [5.74, 6) is 2.46. The minimum atomic E-state index is 0.504. The maximum absolute atomic E-state index is 8.88. The van der Waals surface area contributed by atoms with E-state index in [1.807, 2.05) is 6.07 Å². The maximum atomic E-state index is 8.88. The lowest BCUT2D eigenvalue weighted by molar-refractivity contribution is 0.315. The predicted molar refractivity (Wildman–Crippen MR) is 53.9 cm³/mol. The van der Waals surface area contributed by atoms with Gasteiger partial charge in [0, 0.05) is 18.4 Å². The van der Waals surface area contributed by atoms with Crippen molar-refractivity contribution in [3.05, 3.63) is 23.2 Å². The van der Waals surface area contributed by atoms with Crippen molar-refractivity contribution in [3.8, 4) is 0 Å². The van der Waals surface area contributed by atoms with Gasteiger partial charge in [0.1, 0.15) is 11.5 Å². The molecule has 1 heterocycles. The van der Waals surface area contributed by atoms with E-state index in [4.69, 9.17) is 9.62 Å². The van der Waals surface area contributed by atoms with Crippen LogP contribution in [-0.4, -0.2) is 10.9 Å². The van der Waals surface area contributed by atoms with Crippen LogP contribution in [-0.2, 0) is 12.8 Å². The van der Waals surface area contributed by atoms with Gasteiger partial charge >= 0.3 is 0 Å². The number of fused-ring (bicyclic) bond motifs is 1. The number of aryl methyl sites for hydroxylation is 1. The molecule has 1 aliphatic rings. The molecule has 1 unspecified atom stereocenters. The highest BCUT2D eigenvalue weighted by Gasteiger charge is 2.25. The molecule has 1 aromatic rings. The Bertz CT molecular complexity index is 365. The van der Waals surface area contributed by atoms with Crippen LogP contribution in [0.1, 0.15) is 37.4 Å². The van der Waals surface area contributed by atoms with Crippen molar-refractivity contribution in [2.45, 2.75) is 33.1 Å². The van der Waals surface area contributed by atoms with Gasteiger partial charge in [-0.25, -0.2) is 0 Å². The zero-order valence-electron chi connectivity index (χ0n) is 8.58. The molecule has 1 N–H and O–H groups in total. The number of furan rings is 1. The molecule has 1 aliphatic carbocycles. The molecule has 0 aromatic carbocycles. The van der Waals surface area contributed by atoms with E-state index in [0.29, 0.717) is 5.92 Å². The lowest BCUT2D eigenvalue weighted by atomic mass is 9.88. The van der Waals surface area contributed by atoms with Crippen molar-refractivity contribution in [2.24, 2.45) is 11.1 Å². The summed E-state index contributed by atoms with van der Waals surface area (Å²) in [5, 5.41) is 12.2. The van der Waals surface area contributed by atoms with Crippen molar-refractivity contribution < 1.29 is 9.62 Å². The van der Waals surface area contributed by atoms with E-state index in [0.717, 1.165) is 42.1 Å². The highest BCUT2D eigenvalue weighted by Crippen LogP contribution is 2.28. The van der Waals surface area contributed by atoms with Gasteiger partial charge in [0.15, 0.2) is 0 Å². The molecule has 3 nitrogen and oxygen atoms in total. The van der Waals surface area contributed by atoms with Crippen LogP contribution in [0.25, 0.3) is 0 Å². The smallest absolute Gasteiger partial charge is 0.113 e. The van der Waals surface area contributed by atoms with E-state index in [1.54, 1.807) is 0 Å². The van der Waals surface area contributed by atoms with E-state index in [2.05, 4.69) is 19.0 Å². The van der Waals surface area contributed by atoms with E-state index in [-0.39, 0.29) is 0 Å². The zero-order chi connectivity index (χ0) is 10.1. The monoisotopic (exact) mass is 193 g/mol. The van der Waals surface area contributed by atoms with Crippen LogP contribution >= 0.6 is 0 Å². The summed E-state index contributed by atoms with van der Waals surface area (Å²) in [6.45, 7) is 4.20. The highest BCUT2D eigenvalue weighted by molar-refractivity contribution is 6.02. The molecule has 1 atom stereocenters. The lowest BCUT2D eigenvalue weighted by Crippen LogP contribution is -2.16. The normalized spacial score (nSPS) is 23.9. The molecule has 2 rings (SSSR count). The molecule has 76 valence electrons. The molecule has 0 saturated heterocycles. The topological polar surface area (TPSA) is 45.7 Å². The second-order valence-corrected chi connectivity index (χ2v) is 3.96. The molecule has 0 saturated carbocycles. The van der Waals surface area contributed by atoms with Crippen molar-refractivity contribution in [1.29, 1.82) is 0 Å². The van der Waals surface area contributed by atoms with Crippen molar-refractivity contribution >= 4 is 5.71 Å². The van der Waals surface area contributed by atoms with Crippen LogP contribution in [0.15, 0.2) is 15.6 Å². The summed E-state index contributed by atoms with van der Waals surface area (Å²) in [7, 11) is 0. The Morgan fingerprint density at radius 3 is 3.00 bits per heavy atom. The van der Waals surface area contributed by atoms with Crippen LogP contribution in [0.3, 0.4) is 0 Å². The summed E-state index contributed by atoms with van der Waals surface area (Å²) in [4.78, 5) is 0. The number of oxime groups is 1. The fourth-order valence-corrected chi connectivity index (χ4v) is 1.98. The Hall–Kier alpha value is -1.25. The third-order valence-corrected chi connectivity index (χ3v) is 2.72. The van der Waals surface area contributed by atoms with Gasteiger partial charge in [-0.1, -0.05) is 19.0 Å². The van der Waals surface area contributed by atoms with Gasteiger partial charge in [-0.15, -0.1) is 0 Å². The maximum Gasteiger partial charge on any atom is 0.113 e. The van der Waals surface area contributed by atoms with Crippen molar-refractivity contribution in [3.63, 3.8) is 0 Å². The molecule has 0 aliphatic heterocycles. The first-order chi connectivity index (χ1) is 6.74. The second-order valence-electron chi connectivity index (χ2n) is 3.96. The molecule has 0 fully saturated rings. The van der Waals surface area contributed by atoms with E-state index < -0.39 is 0 Å². The average molecular weight is 193 g/mol. The molecule has 14 heavy (non-hydrogen) atoms. The van der Waals surface area contributed by atoms with Crippen molar-refractivity contribution in [1.82, 2.24) is 0 Å². The lowest BCUT2D eigenvalue weighted by Gasteiger charge is -2.17. The van der Waals surface area contributed by atoms with Gasteiger partial charge in [-0.05, 0) is 18.4 Å². The summed E-state index contributed by atoms with van der Waals surface area (Å²) < 4.78 is 5.67. The second kappa shape index (κ2) is 3.48. The molecule has 0 amide bonds. The van der Waals surface area contributed by atoms with Gasteiger partial charge in [-0.2, -0.15) is 0 Å². The van der Waals surface area contributed by atoms with Crippen molar-refractivity contribution in [2.75, 3.05) is 0 Å². The van der Waals surface area contributed by atoms with E-state index in [1.165, 1.54) is 0 Å². The minimum absolute atomic E-state index is 0.504. The predicted octanol–water partition coefficient (Wildman–Crippen LogP) is 2.60. The Morgan fingerprint density at radius 1 is 1.57 bits per heavy atom. The summed E-state index contributed by atoms with van der Waals surface area (Å²) in [6.07, 6.45) is 2.68. The van der Waals surface area contributed by atoms with Gasteiger partial charge in [0.05, 0.1) is 5.71 Å². The molecular weight excluding hydrogens is 178 g/mol. The fraction of sp³-hybridized carbons (Fsp3) is 0.545. The summed E-state index contributed by atoms with van der Waals surface area (Å²) in [6, 6.07) is 2.00. The van der Waals surface area contributed by atoms with Gasteiger partial charge in [-0.3, -0.25) is 0 Å². The first kappa shape index (κ1) is 9.31. The number of hydrogen-bond acceptors (Lipinski definition) is 3. The summed E-state index contributed by atoms with van der Waals surface area (Å²) in [5.41, 5.74) is 1.77. The van der Waals surface area contributed by atoms with Crippen LogP contribution in [0.5, 0.6) is 0 Å². The van der Waals surface area contributed by atoms with Gasteiger partial charge in [0.2, 0.25) is 0 Å². The molecular formula is C11H15NO2. The zero-order valence-corrected chi connectivity index (χ0v) is 8.58. The van der Waals surface area contributed by atoms with E-state index >= 15 is 0 Å². The molecule has 1 aromatic heterocycles. The average Bonchev–Trinajstić information content (AvgIpc) is 2.59. The Morgan fingerprint density at radius 2 is 2.36 bits per heavy atom. The van der Waals surface area contributed by atoms with E-state index in [9.17, 15) is 0 Å². The van der Waals surface area contributed by atoms with Crippen LogP contribution in [0.2, 0.25) is 0 Å². The SMILES string of the molecule is CCc1cc2c(o1)CC(C)C/C2=N/O. The van der Waals surface area contributed by atoms with Crippen LogP contribution < -0.4 is 0 Å². The Balaban J connectivity index is 2.44. The molecule has 3 heteroatoms. The molecule has 0 bridgehead atoms. The van der Waals surface area contributed by atoms with Gasteiger partial charge in [0.25, 0.3) is 0 Å². The quantitative estimate of drug-likeness (QED) is 0.550. The first-order valence-corrected chi connectivity index (χ1v) is 5.07. The minimum Gasteiger partial charge on any atom is -0.465 e. The van der Waals surface area contributed by atoms with Crippen LogP contribution in [0.4, 0.5) is 0 Å². The molecule has 0 radical (unpaired) electrons. The largest absolute Gasteiger partial charge is 0.465 e. The molecule has 0 spiro atoms. The van der Waals surface area contributed by atoms with Crippen LogP contribution in [0, 0.1) is 5.92 Å². The van der Waals surface area contributed by atoms with Gasteiger partial charge < -0.3 is 9.62 Å². The third kappa shape index (κ3) is 1.43. The highest BCUT2D eigenvalue weighted by atomic mass is 16.4. The standard InChI is InChI=1S/C11H15NO2/c1-3-8-6-9-10(12-13)4-7(2)5-11(9)14-8/h6-7,13H,3-5H2,1-2H3/b12-10-. The Kier molecular flexibility index (Phi) is 2.32.